The topological polar surface area (TPSA) is 69.6 Å². The number of carbonyl (C=O) groups is 1. The molecule has 3 N–H and O–H groups in total. The van der Waals surface area contributed by atoms with Crippen LogP contribution in [0.3, 0.4) is 0 Å². The number of nitrogens with one attached hydrogen (secondary N) is 1. The van der Waals surface area contributed by atoms with Gasteiger partial charge in [0.25, 0.3) is 0 Å². The molecule has 0 aromatic rings. The first-order chi connectivity index (χ1) is 28.7. The van der Waals surface area contributed by atoms with E-state index in [-0.39, 0.29) is 12.5 Å². The molecule has 0 aromatic heterocycles. The van der Waals surface area contributed by atoms with Crippen molar-refractivity contribution in [2.24, 2.45) is 0 Å². The summed E-state index contributed by atoms with van der Waals surface area (Å²) in [4.78, 5) is 12.4. The Kier molecular flexibility index (Phi) is 48.3. The maximum atomic E-state index is 12.4. The highest BCUT2D eigenvalue weighted by Crippen LogP contribution is 2.16. The summed E-state index contributed by atoms with van der Waals surface area (Å²) in [6, 6.07) is -0.620. The van der Waals surface area contributed by atoms with E-state index in [4.69, 9.17) is 0 Å². The summed E-state index contributed by atoms with van der Waals surface area (Å²) in [7, 11) is 0. The summed E-state index contributed by atoms with van der Waals surface area (Å²) in [6.45, 7) is 4.30. The van der Waals surface area contributed by atoms with E-state index in [1.165, 1.54) is 212 Å². The van der Waals surface area contributed by atoms with E-state index in [1.807, 2.05) is 6.08 Å². The molecule has 0 fully saturated rings. The standard InChI is InChI=1S/C54H101NO3/c1-3-5-7-9-11-13-15-17-18-19-20-21-22-23-24-25-26-27-28-29-30-31-32-33-34-35-36-38-40-42-44-46-48-50-54(58)55-52(51-56)53(57)49-47-45-43-41-39-37-16-14-12-10-8-6-4-2/h15,17,19-20,22-23,47,49,52-53,56-57H,3-14,16,18,21,24-46,48,50-51H2,1-2H3,(H,55,58)/b17-15-,20-19-,23-22-,49-47+. The number of carbonyl (C=O) groups excluding carboxylic acids is 1. The van der Waals surface area contributed by atoms with Crippen LogP contribution in [0.1, 0.15) is 271 Å². The molecule has 58 heavy (non-hydrogen) atoms. The maximum absolute atomic E-state index is 12.4. The summed E-state index contributed by atoms with van der Waals surface area (Å²) in [6.07, 6.45) is 68.3. The number of amides is 1. The highest BCUT2D eigenvalue weighted by atomic mass is 16.3. The largest absolute Gasteiger partial charge is 0.394 e. The summed E-state index contributed by atoms with van der Waals surface area (Å²) in [5, 5.41) is 23.0. The summed E-state index contributed by atoms with van der Waals surface area (Å²) in [5.74, 6) is -0.0625. The van der Waals surface area contributed by atoms with E-state index in [1.54, 1.807) is 6.08 Å². The van der Waals surface area contributed by atoms with Crippen LogP contribution in [0.5, 0.6) is 0 Å². The molecule has 0 saturated carbocycles. The second kappa shape index (κ2) is 49.7. The molecule has 0 aliphatic rings. The fraction of sp³-hybridized carbons (Fsp3) is 0.833. The van der Waals surface area contributed by atoms with Gasteiger partial charge in [-0.05, 0) is 57.8 Å². The number of rotatable bonds is 47. The molecule has 0 radical (unpaired) electrons. The highest BCUT2D eigenvalue weighted by molar-refractivity contribution is 5.76. The summed E-state index contributed by atoms with van der Waals surface area (Å²) < 4.78 is 0. The van der Waals surface area contributed by atoms with Crippen LogP contribution in [0.25, 0.3) is 0 Å². The molecule has 0 aliphatic heterocycles. The number of hydrogen-bond donors (Lipinski definition) is 3. The lowest BCUT2D eigenvalue weighted by Gasteiger charge is -2.20. The van der Waals surface area contributed by atoms with Crippen LogP contribution in [0, 0.1) is 0 Å². The van der Waals surface area contributed by atoms with E-state index in [0.29, 0.717) is 6.42 Å². The van der Waals surface area contributed by atoms with Gasteiger partial charge in [-0.3, -0.25) is 4.79 Å². The Labute approximate surface area is 363 Å². The molecule has 0 bridgehead atoms. The molecule has 0 rings (SSSR count). The van der Waals surface area contributed by atoms with E-state index in [0.717, 1.165) is 38.5 Å². The van der Waals surface area contributed by atoms with Crippen LogP contribution in [0.2, 0.25) is 0 Å². The molecule has 0 aliphatic carbocycles. The molecular formula is C54H101NO3. The van der Waals surface area contributed by atoms with Crippen molar-refractivity contribution in [1.82, 2.24) is 5.32 Å². The van der Waals surface area contributed by atoms with Gasteiger partial charge in [-0.25, -0.2) is 0 Å². The Bertz CT molecular complexity index is 923. The number of unbranched alkanes of at least 4 members (excludes halogenated alkanes) is 34. The Balaban J connectivity index is 3.46. The zero-order valence-corrected chi connectivity index (χ0v) is 39.1. The van der Waals surface area contributed by atoms with Gasteiger partial charge in [-0.15, -0.1) is 0 Å². The second-order valence-electron chi connectivity index (χ2n) is 17.6. The zero-order chi connectivity index (χ0) is 42.1. The van der Waals surface area contributed by atoms with Crippen LogP contribution in [0.15, 0.2) is 48.6 Å². The van der Waals surface area contributed by atoms with E-state index in [9.17, 15) is 15.0 Å². The SMILES string of the molecule is CCCCCCC/C=C\C/C=C\C/C=C\CCCCCCCCCCCCCCCCCCCCC(=O)NC(CO)C(O)/C=C/CCCCCCCCCCCCC. The third kappa shape index (κ3) is 45.4. The molecule has 0 heterocycles. The van der Waals surface area contributed by atoms with Crippen molar-refractivity contribution in [3.8, 4) is 0 Å². The van der Waals surface area contributed by atoms with E-state index < -0.39 is 12.1 Å². The lowest BCUT2D eigenvalue weighted by molar-refractivity contribution is -0.123. The van der Waals surface area contributed by atoms with Gasteiger partial charge in [0.15, 0.2) is 0 Å². The molecule has 1 amide bonds. The van der Waals surface area contributed by atoms with Crippen LogP contribution in [-0.2, 0) is 4.79 Å². The minimum absolute atomic E-state index is 0.0625. The molecule has 4 heteroatoms. The van der Waals surface area contributed by atoms with Gasteiger partial charge in [-0.2, -0.15) is 0 Å². The number of aliphatic hydroxyl groups is 2. The smallest absolute Gasteiger partial charge is 0.220 e. The Morgan fingerprint density at radius 3 is 1.05 bits per heavy atom. The number of aliphatic hydroxyl groups excluding tert-OH is 2. The lowest BCUT2D eigenvalue weighted by Crippen LogP contribution is -2.45. The predicted octanol–water partition coefficient (Wildman–Crippen LogP) is 16.7. The molecule has 2 atom stereocenters. The Morgan fingerprint density at radius 2 is 0.707 bits per heavy atom. The zero-order valence-electron chi connectivity index (χ0n) is 39.1. The first kappa shape index (κ1) is 56.4. The predicted molar refractivity (Wildman–Crippen MR) is 258 cm³/mol. The first-order valence-electron chi connectivity index (χ1n) is 25.9. The van der Waals surface area contributed by atoms with Gasteiger partial charge < -0.3 is 15.5 Å². The average molecular weight is 812 g/mol. The van der Waals surface area contributed by atoms with E-state index >= 15 is 0 Å². The highest BCUT2D eigenvalue weighted by Gasteiger charge is 2.18. The molecule has 0 spiro atoms. The van der Waals surface area contributed by atoms with Gasteiger partial charge in [-0.1, -0.05) is 255 Å². The van der Waals surface area contributed by atoms with Crippen LogP contribution < -0.4 is 5.32 Å². The minimum Gasteiger partial charge on any atom is -0.394 e. The van der Waals surface area contributed by atoms with E-state index in [2.05, 4.69) is 55.6 Å². The third-order valence-electron chi connectivity index (χ3n) is 11.8. The maximum Gasteiger partial charge on any atom is 0.220 e. The van der Waals surface area contributed by atoms with Gasteiger partial charge in [0.2, 0.25) is 5.91 Å². The monoisotopic (exact) mass is 812 g/mol. The fourth-order valence-electron chi connectivity index (χ4n) is 7.83. The van der Waals surface area contributed by atoms with Gasteiger partial charge >= 0.3 is 0 Å². The normalized spacial score (nSPS) is 13.2. The summed E-state index contributed by atoms with van der Waals surface area (Å²) >= 11 is 0. The molecule has 2 unspecified atom stereocenters. The van der Waals surface area contributed by atoms with Gasteiger partial charge in [0.05, 0.1) is 18.8 Å². The molecule has 4 nitrogen and oxygen atoms in total. The lowest BCUT2D eigenvalue weighted by atomic mass is 10.0. The van der Waals surface area contributed by atoms with Gasteiger partial charge in [0.1, 0.15) is 0 Å². The van der Waals surface area contributed by atoms with Crippen LogP contribution in [0.4, 0.5) is 0 Å². The van der Waals surface area contributed by atoms with Crippen molar-refractivity contribution in [2.45, 2.75) is 283 Å². The van der Waals surface area contributed by atoms with Crippen LogP contribution >= 0.6 is 0 Å². The van der Waals surface area contributed by atoms with Crippen molar-refractivity contribution < 1.29 is 15.0 Å². The van der Waals surface area contributed by atoms with Crippen molar-refractivity contribution in [2.75, 3.05) is 6.61 Å². The van der Waals surface area contributed by atoms with Gasteiger partial charge in [0, 0.05) is 6.42 Å². The Hall–Kier alpha value is -1.65. The quantitative estimate of drug-likeness (QED) is 0.0423. The number of allylic oxidation sites excluding steroid dienone is 7. The molecule has 0 saturated heterocycles. The van der Waals surface area contributed by atoms with Crippen molar-refractivity contribution in [3.63, 3.8) is 0 Å². The molecule has 340 valence electrons. The first-order valence-corrected chi connectivity index (χ1v) is 25.9. The number of hydrogen-bond acceptors (Lipinski definition) is 3. The third-order valence-corrected chi connectivity index (χ3v) is 11.8. The minimum atomic E-state index is -0.837. The van der Waals surface area contributed by atoms with Crippen molar-refractivity contribution in [1.29, 1.82) is 0 Å². The fourth-order valence-corrected chi connectivity index (χ4v) is 7.83. The second-order valence-corrected chi connectivity index (χ2v) is 17.6. The summed E-state index contributed by atoms with van der Waals surface area (Å²) in [5.41, 5.74) is 0. The van der Waals surface area contributed by atoms with Crippen molar-refractivity contribution >= 4 is 5.91 Å². The van der Waals surface area contributed by atoms with Crippen molar-refractivity contribution in [3.05, 3.63) is 48.6 Å². The average Bonchev–Trinajstić information content (AvgIpc) is 3.23. The Morgan fingerprint density at radius 1 is 0.414 bits per heavy atom. The van der Waals surface area contributed by atoms with Crippen LogP contribution in [-0.4, -0.2) is 34.9 Å². The molecular weight excluding hydrogens is 711 g/mol. The molecule has 0 aromatic carbocycles.